The fraction of sp³-hybridized carbons (Fsp3) is 0.250. The molecule has 7 nitrogen and oxygen atoms in total. The molecule has 0 radical (unpaired) electrons. The summed E-state index contributed by atoms with van der Waals surface area (Å²) in [5, 5.41) is 14.5. The van der Waals surface area contributed by atoms with Crippen LogP contribution in [0.25, 0.3) is 11.1 Å². The molecule has 1 aliphatic rings. The number of hydrogen-bond donors (Lipinski definition) is 1. The van der Waals surface area contributed by atoms with Gasteiger partial charge in [0.2, 0.25) is 5.88 Å². The quantitative estimate of drug-likeness (QED) is 0.410. The van der Waals surface area contributed by atoms with Gasteiger partial charge in [0.1, 0.15) is 5.56 Å². The van der Waals surface area contributed by atoms with Crippen molar-refractivity contribution in [1.82, 2.24) is 19.7 Å². The monoisotopic (exact) mass is 486 g/mol. The number of halogens is 1. The lowest BCUT2D eigenvalue weighted by molar-refractivity contribution is 0.0763. The van der Waals surface area contributed by atoms with Crippen molar-refractivity contribution in [3.05, 3.63) is 94.7 Å². The molecule has 1 N–H and O–H groups in total. The van der Waals surface area contributed by atoms with Crippen molar-refractivity contribution in [3.8, 4) is 22.8 Å². The molecule has 0 aliphatic carbocycles. The van der Waals surface area contributed by atoms with Crippen LogP contribution in [-0.2, 0) is 25.7 Å². The van der Waals surface area contributed by atoms with Gasteiger partial charge in [-0.2, -0.15) is 5.10 Å². The van der Waals surface area contributed by atoms with Gasteiger partial charge in [0, 0.05) is 38.1 Å². The van der Waals surface area contributed by atoms with Crippen molar-refractivity contribution in [3.63, 3.8) is 0 Å². The molecule has 0 unspecified atom stereocenters. The van der Waals surface area contributed by atoms with Crippen molar-refractivity contribution < 1.29 is 19.0 Å². The lowest BCUT2D eigenvalue weighted by atomic mass is 9.98. The first-order valence-corrected chi connectivity index (χ1v) is 11.7. The Bertz CT molecular complexity index is 1450. The van der Waals surface area contributed by atoms with E-state index in [-0.39, 0.29) is 17.5 Å². The maximum atomic E-state index is 14.7. The van der Waals surface area contributed by atoms with E-state index >= 15 is 0 Å². The number of fused-ring (bicyclic) bond motifs is 1. The zero-order valence-corrected chi connectivity index (χ0v) is 20.6. The Morgan fingerprint density at radius 3 is 2.53 bits per heavy atom. The van der Waals surface area contributed by atoms with E-state index in [2.05, 4.69) is 10.1 Å². The first-order chi connectivity index (χ1) is 17.1. The Balaban J connectivity index is 1.34. The van der Waals surface area contributed by atoms with Gasteiger partial charge in [-0.25, -0.2) is 9.37 Å². The number of aromatic nitrogens is 3. The lowest BCUT2D eigenvalue weighted by Crippen LogP contribution is -2.23. The number of carbonyl (C=O) groups is 1. The molecule has 184 valence electrons. The second-order valence-electron chi connectivity index (χ2n) is 9.62. The van der Waals surface area contributed by atoms with E-state index in [4.69, 9.17) is 4.74 Å². The number of hydrogen-bond acceptors (Lipinski definition) is 5. The first kappa shape index (κ1) is 23.7. The number of aryl methyl sites for hydroxylation is 2. The van der Waals surface area contributed by atoms with Gasteiger partial charge in [0.05, 0.1) is 11.3 Å². The number of aliphatic hydroxyl groups is 1. The molecule has 0 fully saturated rings. The molecule has 36 heavy (non-hydrogen) atoms. The van der Waals surface area contributed by atoms with Gasteiger partial charge in [0.25, 0.3) is 5.91 Å². The Hall–Kier alpha value is -4.04. The maximum absolute atomic E-state index is 14.7. The number of benzene rings is 2. The van der Waals surface area contributed by atoms with E-state index in [0.717, 1.165) is 27.9 Å². The summed E-state index contributed by atoms with van der Waals surface area (Å²) in [5.74, 6) is -0.845. The molecule has 4 aromatic rings. The summed E-state index contributed by atoms with van der Waals surface area (Å²) < 4.78 is 22.2. The van der Waals surface area contributed by atoms with Gasteiger partial charge in [-0.3, -0.25) is 9.48 Å². The molecule has 1 amide bonds. The Kier molecular flexibility index (Phi) is 5.84. The standard InChI is InChI=1S/C28H27FN4O3/c1-17-22(16-32(4)31-17)19-7-5-18(6-8-19)14-33-15-20-11-12-30-26(25(20)27(33)34)36-24-10-9-21(13-23(24)29)28(2,3)35/h5-13,16,35H,14-15H2,1-4H3. The summed E-state index contributed by atoms with van der Waals surface area (Å²) in [6.07, 6.45) is 3.54. The number of carbonyl (C=O) groups excluding carboxylic acids is 1. The van der Waals surface area contributed by atoms with E-state index < -0.39 is 11.4 Å². The number of amides is 1. The van der Waals surface area contributed by atoms with Crippen LogP contribution in [0.15, 0.2) is 60.9 Å². The second-order valence-corrected chi connectivity index (χ2v) is 9.62. The molecule has 1 aliphatic heterocycles. The number of rotatable bonds is 6. The smallest absolute Gasteiger partial charge is 0.260 e. The van der Waals surface area contributed by atoms with Gasteiger partial charge in [0.15, 0.2) is 11.6 Å². The number of pyridine rings is 1. The normalized spacial score (nSPS) is 13.3. The third-order valence-electron chi connectivity index (χ3n) is 6.36. The molecular weight excluding hydrogens is 459 g/mol. The summed E-state index contributed by atoms with van der Waals surface area (Å²) in [4.78, 5) is 19.2. The largest absolute Gasteiger partial charge is 0.435 e. The first-order valence-electron chi connectivity index (χ1n) is 11.7. The topological polar surface area (TPSA) is 80.5 Å². The highest BCUT2D eigenvalue weighted by atomic mass is 19.1. The van der Waals surface area contributed by atoms with Crippen LogP contribution in [0.2, 0.25) is 0 Å². The summed E-state index contributed by atoms with van der Waals surface area (Å²) >= 11 is 0. The van der Waals surface area contributed by atoms with Gasteiger partial charge in [-0.05, 0) is 61.2 Å². The Labute approximate surface area is 208 Å². The number of ether oxygens (including phenoxy) is 1. The molecule has 2 aromatic heterocycles. The van der Waals surface area contributed by atoms with Gasteiger partial charge >= 0.3 is 0 Å². The van der Waals surface area contributed by atoms with Crippen LogP contribution < -0.4 is 4.74 Å². The van der Waals surface area contributed by atoms with Crippen LogP contribution >= 0.6 is 0 Å². The van der Waals surface area contributed by atoms with Gasteiger partial charge < -0.3 is 14.7 Å². The van der Waals surface area contributed by atoms with Crippen molar-refractivity contribution in [2.24, 2.45) is 7.05 Å². The zero-order valence-electron chi connectivity index (χ0n) is 20.6. The van der Waals surface area contributed by atoms with E-state index in [1.807, 2.05) is 44.4 Å². The molecular formula is C28H27FN4O3. The SMILES string of the molecule is Cc1nn(C)cc1-c1ccc(CN2Cc3ccnc(Oc4ccc(C(C)(C)O)cc4F)c3C2=O)cc1. The van der Waals surface area contributed by atoms with Crippen molar-refractivity contribution in [2.75, 3.05) is 0 Å². The highest BCUT2D eigenvalue weighted by Crippen LogP contribution is 2.35. The molecule has 0 atom stereocenters. The van der Waals surface area contributed by atoms with Crippen LogP contribution in [0.4, 0.5) is 4.39 Å². The summed E-state index contributed by atoms with van der Waals surface area (Å²) in [5.41, 5.74) is 4.45. The Morgan fingerprint density at radius 1 is 1.14 bits per heavy atom. The predicted molar refractivity (Wildman–Crippen MR) is 133 cm³/mol. The Morgan fingerprint density at radius 2 is 1.89 bits per heavy atom. The molecule has 8 heteroatoms. The molecule has 2 aromatic carbocycles. The maximum Gasteiger partial charge on any atom is 0.260 e. The zero-order chi connectivity index (χ0) is 25.6. The van der Waals surface area contributed by atoms with E-state index in [0.29, 0.717) is 24.2 Å². The fourth-order valence-corrected chi connectivity index (χ4v) is 4.44. The van der Waals surface area contributed by atoms with Crippen molar-refractivity contribution in [1.29, 1.82) is 0 Å². The molecule has 0 bridgehead atoms. The average Bonchev–Trinajstić information content (AvgIpc) is 3.33. The minimum absolute atomic E-state index is 0.0589. The third kappa shape index (κ3) is 4.47. The second kappa shape index (κ2) is 8.87. The predicted octanol–water partition coefficient (Wildman–Crippen LogP) is 5.11. The van der Waals surface area contributed by atoms with Crippen molar-refractivity contribution in [2.45, 2.75) is 39.5 Å². The summed E-state index contributed by atoms with van der Waals surface area (Å²) in [6, 6.07) is 14.1. The minimum atomic E-state index is -1.18. The van der Waals surface area contributed by atoms with Gasteiger partial charge in [-0.15, -0.1) is 0 Å². The van der Waals surface area contributed by atoms with Crippen molar-refractivity contribution >= 4 is 5.91 Å². The van der Waals surface area contributed by atoms with Crippen LogP contribution in [0.5, 0.6) is 11.6 Å². The number of nitrogens with zero attached hydrogens (tertiary/aromatic N) is 4. The lowest BCUT2D eigenvalue weighted by Gasteiger charge is -2.18. The van der Waals surface area contributed by atoms with E-state index in [9.17, 15) is 14.3 Å². The van der Waals surface area contributed by atoms with Crippen LogP contribution in [-0.4, -0.2) is 30.7 Å². The molecule has 5 rings (SSSR count). The summed E-state index contributed by atoms with van der Waals surface area (Å²) in [7, 11) is 1.90. The minimum Gasteiger partial charge on any atom is -0.435 e. The van der Waals surface area contributed by atoms with Crippen LogP contribution in [0, 0.1) is 12.7 Å². The molecule has 3 heterocycles. The van der Waals surface area contributed by atoms with Crippen LogP contribution in [0.1, 0.15) is 46.6 Å². The molecule has 0 spiro atoms. The fourth-order valence-electron chi connectivity index (χ4n) is 4.44. The highest BCUT2D eigenvalue weighted by molar-refractivity contribution is 6.00. The summed E-state index contributed by atoms with van der Waals surface area (Å²) in [6.45, 7) is 5.97. The van der Waals surface area contributed by atoms with E-state index in [1.54, 1.807) is 41.8 Å². The van der Waals surface area contributed by atoms with Gasteiger partial charge in [-0.1, -0.05) is 30.3 Å². The van der Waals surface area contributed by atoms with Crippen LogP contribution in [0.3, 0.4) is 0 Å². The third-order valence-corrected chi connectivity index (χ3v) is 6.36. The molecule has 0 saturated heterocycles. The average molecular weight is 487 g/mol. The van der Waals surface area contributed by atoms with E-state index in [1.165, 1.54) is 12.1 Å². The highest BCUT2D eigenvalue weighted by Gasteiger charge is 2.32. The molecule has 0 saturated carbocycles.